The van der Waals surface area contributed by atoms with E-state index < -0.39 is 17.7 Å². The molecule has 0 saturated heterocycles. The van der Waals surface area contributed by atoms with Gasteiger partial charge in [-0.05, 0) is 43.5 Å². The second-order valence-electron chi connectivity index (χ2n) is 7.34. The molecule has 0 saturated carbocycles. The van der Waals surface area contributed by atoms with Crippen LogP contribution in [0.25, 0.3) is 10.8 Å². The highest BCUT2D eigenvalue weighted by Gasteiger charge is 2.20. The average molecular weight is 372 g/mol. The summed E-state index contributed by atoms with van der Waals surface area (Å²) in [5.74, 6) is -0.333. The van der Waals surface area contributed by atoms with Gasteiger partial charge in [0.15, 0.2) is 0 Å². The summed E-state index contributed by atoms with van der Waals surface area (Å²) >= 11 is 0. The Morgan fingerprint density at radius 3 is 2.41 bits per heavy atom. The zero-order chi connectivity index (χ0) is 19.9. The molecule has 0 unspecified atom stereocenters. The summed E-state index contributed by atoms with van der Waals surface area (Å²) in [5, 5.41) is 8.09. The molecule has 0 fully saturated rings. The lowest BCUT2D eigenvalue weighted by Crippen LogP contribution is -2.44. The van der Waals surface area contributed by atoms with Gasteiger partial charge in [0.25, 0.3) is 0 Å². The summed E-state index contributed by atoms with van der Waals surface area (Å²) in [6.07, 6.45) is 0.0256. The van der Waals surface area contributed by atoms with E-state index in [0.717, 1.165) is 16.3 Å². The van der Waals surface area contributed by atoms with Crippen molar-refractivity contribution in [3.63, 3.8) is 0 Å². The van der Waals surface area contributed by atoms with Crippen LogP contribution in [0.2, 0.25) is 0 Å². The first-order valence-corrected chi connectivity index (χ1v) is 9.04. The van der Waals surface area contributed by atoms with E-state index in [4.69, 9.17) is 9.47 Å². The molecule has 6 nitrogen and oxygen atoms in total. The molecule has 0 heterocycles. The number of nitrogens with one attached hydrogen (secondary N) is 2. The predicted molar refractivity (Wildman–Crippen MR) is 106 cm³/mol. The molecule has 0 radical (unpaired) electrons. The van der Waals surface area contributed by atoms with Gasteiger partial charge in [-0.25, -0.2) is 4.79 Å². The molecule has 6 heteroatoms. The van der Waals surface area contributed by atoms with Crippen LogP contribution in [0.5, 0.6) is 0 Å². The highest BCUT2D eigenvalue weighted by Crippen LogP contribution is 2.17. The number of carbonyl (C=O) groups is 2. The maximum atomic E-state index is 12.1. The Balaban J connectivity index is 1.91. The van der Waals surface area contributed by atoms with E-state index in [1.807, 2.05) is 51.1 Å². The van der Waals surface area contributed by atoms with Crippen LogP contribution in [0.15, 0.2) is 42.5 Å². The fourth-order valence-electron chi connectivity index (χ4n) is 2.71. The quantitative estimate of drug-likeness (QED) is 0.577. The van der Waals surface area contributed by atoms with E-state index in [9.17, 15) is 9.59 Å². The van der Waals surface area contributed by atoms with E-state index in [1.165, 1.54) is 7.11 Å². The third-order valence-corrected chi connectivity index (χ3v) is 3.92. The molecule has 0 aliphatic carbocycles. The van der Waals surface area contributed by atoms with Gasteiger partial charge in [-0.15, -0.1) is 0 Å². The van der Waals surface area contributed by atoms with Crippen molar-refractivity contribution in [1.29, 1.82) is 0 Å². The van der Waals surface area contributed by atoms with Crippen molar-refractivity contribution < 1.29 is 19.1 Å². The Morgan fingerprint density at radius 1 is 1.04 bits per heavy atom. The SMILES string of the molecule is COC(=O)[C@@H](Cc1ccc2ccccc2c1)NCCNC(=O)OC(C)(C)C. The molecular formula is C21H28N2O4. The molecule has 2 aromatic rings. The lowest BCUT2D eigenvalue weighted by atomic mass is 10.0. The highest BCUT2D eigenvalue weighted by atomic mass is 16.6. The lowest BCUT2D eigenvalue weighted by Gasteiger charge is -2.20. The number of fused-ring (bicyclic) bond motifs is 1. The molecule has 1 amide bonds. The van der Waals surface area contributed by atoms with E-state index in [-0.39, 0.29) is 5.97 Å². The lowest BCUT2D eigenvalue weighted by molar-refractivity contribution is -0.143. The van der Waals surface area contributed by atoms with Gasteiger partial charge in [-0.3, -0.25) is 4.79 Å². The average Bonchev–Trinajstić information content (AvgIpc) is 2.62. The van der Waals surface area contributed by atoms with Crippen LogP contribution in [0.3, 0.4) is 0 Å². The first kappa shape index (κ1) is 20.7. The maximum absolute atomic E-state index is 12.1. The number of ether oxygens (including phenoxy) is 2. The normalized spacial score (nSPS) is 12.4. The molecule has 0 spiro atoms. The number of alkyl carbamates (subject to hydrolysis) is 1. The molecule has 2 N–H and O–H groups in total. The smallest absolute Gasteiger partial charge is 0.407 e. The predicted octanol–water partition coefficient (Wildman–Crippen LogP) is 3.04. The molecule has 1 atom stereocenters. The number of carbonyl (C=O) groups excluding carboxylic acids is 2. The zero-order valence-corrected chi connectivity index (χ0v) is 16.4. The molecule has 0 aromatic heterocycles. The maximum Gasteiger partial charge on any atom is 0.407 e. The van der Waals surface area contributed by atoms with E-state index >= 15 is 0 Å². The van der Waals surface area contributed by atoms with Crippen molar-refractivity contribution >= 4 is 22.8 Å². The van der Waals surface area contributed by atoms with Gasteiger partial charge in [-0.2, -0.15) is 0 Å². The van der Waals surface area contributed by atoms with Crippen molar-refractivity contribution in [1.82, 2.24) is 10.6 Å². The number of hydrogen-bond acceptors (Lipinski definition) is 5. The van der Waals surface area contributed by atoms with E-state index in [0.29, 0.717) is 19.5 Å². The minimum atomic E-state index is -0.540. The summed E-state index contributed by atoms with van der Waals surface area (Å²) < 4.78 is 10.1. The molecule has 0 aliphatic heterocycles. The van der Waals surface area contributed by atoms with Crippen molar-refractivity contribution in [2.24, 2.45) is 0 Å². The minimum absolute atomic E-state index is 0.333. The highest BCUT2D eigenvalue weighted by molar-refractivity contribution is 5.83. The van der Waals surface area contributed by atoms with Gasteiger partial charge in [0.2, 0.25) is 0 Å². The Hall–Kier alpha value is -2.60. The van der Waals surface area contributed by atoms with Gasteiger partial charge < -0.3 is 20.1 Å². The Bertz CT molecular complexity index is 783. The number of benzene rings is 2. The summed E-state index contributed by atoms with van der Waals surface area (Å²) in [7, 11) is 1.37. The summed E-state index contributed by atoms with van der Waals surface area (Å²) in [6, 6.07) is 13.7. The molecular weight excluding hydrogens is 344 g/mol. The van der Waals surface area contributed by atoms with E-state index in [1.54, 1.807) is 0 Å². The Kier molecular flexibility index (Phi) is 7.19. The van der Waals surface area contributed by atoms with Crippen LogP contribution < -0.4 is 10.6 Å². The molecule has 0 aliphatic rings. The summed E-state index contributed by atoms with van der Waals surface area (Å²) in [6.45, 7) is 6.19. The van der Waals surface area contributed by atoms with Crippen LogP contribution in [-0.4, -0.2) is 43.9 Å². The van der Waals surface area contributed by atoms with Gasteiger partial charge in [0.05, 0.1) is 7.11 Å². The molecule has 2 aromatic carbocycles. The first-order valence-electron chi connectivity index (χ1n) is 9.04. The monoisotopic (exact) mass is 372 g/mol. The van der Waals surface area contributed by atoms with Crippen LogP contribution in [0.4, 0.5) is 4.79 Å². The molecule has 146 valence electrons. The topological polar surface area (TPSA) is 76.7 Å². The molecule has 27 heavy (non-hydrogen) atoms. The van der Waals surface area contributed by atoms with Crippen LogP contribution in [-0.2, 0) is 20.7 Å². The van der Waals surface area contributed by atoms with Gasteiger partial charge >= 0.3 is 12.1 Å². The van der Waals surface area contributed by atoms with E-state index in [2.05, 4.69) is 22.8 Å². The first-order chi connectivity index (χ1) is 12.8. The van der Waals surface area contributed by atoms with Crippen molar-refractivity contribution in [2.45, 2.75) is 38.8 Å². The minimum Gasteiger partial charge on any atom is -0.468 e. The Morgan fingerprint density at radius 2 is 1.74 bits per heavy atom. The van der Waals surface area contributed by atoms with Crippen LogP contribution >= 0.6 is 0 Å². The second-order valence-corrected chi connectivity index (χ2v) is 7.34. The fraction of sp³-hybridized carbons (Fsp3) is 0.429. The van der Waals surface area contributed by atoms with Crippen LogP contribution in [0, 0.1) is 0 Å². The molecule has 2 rings (SSSR count). The molecule has 0 bridgehead atoms. The Labute approximate surface area is 160 Å². The number of methoxy groups -OCH3 is 1. The van der Waals surface area contributed by atoms with Gasteiger partial charge in [0.1, 0.15) is 11.6 Å². The summed E-state index contributed by atoms with van der Waals surface area (Å²) in [4.78, 5) is 23.8. The third kappa shape index (κ3) is 6.90. The van der Waals surface area contributed by atoms with Crippen molar-refractivity contribution in [2.75, 3.05) is 20.2 Å². The number of amides is 1. The zero-order valence-electron chi connectivity index (χ0n) is 16.4. The van der Waals surface area contributed by atoms with Gasteiger partial charge in [0, 0.05) is 13.1 Å². The number of esters is 1. The van der Waals surface area contributed by atoms with Crippen molar-refractivity contribution in [3.05, 3.63) is 48.0 Å². The number of rotatable bonds is 7. The number of hydrogen-bond donors (Lipinski definition) is 2. The second kappa shape index (κ2) is 9.37. The fourth-order valence-corrected chi connectivity index (χ4v) is 2.71. The van der Waals surface area contributed by atoms with Crippen LogP contribution in [0.1, 0.15) is 26.3 Å². The largest absolute Gasteiger partial charge is 0.468 e. The third-order valence-electron chi connectivity index (χ3n) is 3.92. The summed E-state index contributed by atoms with van der Waals surface area (Å²) in [5.41, 5.74) is 0.499. The van der Waals surface area contributed by atoms with Crippen molar-refractivity contribution in [3.8, 4) is 0 Å². The standard InChI is InChI=1S/C21H28N2O4/c1-21(2,3)27-20(25)23-12-11-22-18(19(24)26-4)14-15-9-10-16-7-5-6-8-17(16)13-15/h5-10,13,18,22H,11-12,14H2,1-4H3,(H,23,25)/t18-/m1/s1. The van der Waals surface area contributed by atoms with Gasteiger partial charge in [-0.1, -0.05) is 42.5 Å².